The fourth-order valence-electron chi connectivity index (χ4n) is 1.65. The number of nitrogens with one attached hydrogen (secondary N) is 1. The third-order valence-corrected chi connectivity index (χ3v) is 4.70. The van der Waals surface area contributed by atoms with Crippen molar-refractivity contribution in [2.75, 3.05) is 27.2 Å². The number of thiophene rings is 2. The maximum absolute atomic E-state index is 12.1. The van der Waals surface area contributed by atoms with Crippen molar-refractivity contribution >= 4 is 38.0 Å². The van der Waals surface area contributed by atoms with Gasteiger partial charge in [0, 0.05) is 23.0 Å². The molecule has 0 fully saturated rings. The van der Waals surface area contributed by atoms with Gasteiger partial charge < -0.3 is 10.2 Å². The molecule has 5 heteroatoms. The van der Waals surface area contributed by atoms with Crippen LogP contribution in [0.2, 0.25) is 0 Å². The molecule has 0 saturated carbocycles. The summed E-state index contributed by atoms with van der Waals surface area (Å²) in [4.78, 5) is 14.8. The van der Waals surface area contributed by atoms with Gasteiger partial charge in [0.05, 0.1) is 4.88 Å². The van der Waals surface area contributed by atoms with Crippen molar-refractivity contribution in [1.29, 1.82) is 0 Å². The van der Waals surface area contributed by atoms with Crippen molar-refractivity contribution in [1.82, 2.24) is 10.2 Å². The lowest BCUT2D eigenvalue weighted by molar-refractivity contribution is 0.0798. The summed E-state index contributed by atoms with van der Waals surface area (Å²) in [6.07, 6.45) is 0.985. The van der Waals surface area contributed by atoms with Crippen molar-refractivity contribution < 1.29 is 4.79 Å². The highest BCUT2D eigenvalue weighted by molar-refractivity contribution is 7.27. The van der Waals surface area contributed by atoms with Gasteiger partial charge in [-0.2, -0.15) is 0 Å². The summed E-state index contributed by atoms with van der Waals surface area (Å²) in [5, 5.41) is 5.15. The van der Waals surface area contributed by atoms with E-state index in [0.717, 1.165) is 24.4 Å². The molecule has 1 amide bonds. The molecule has 0 spiro atoms. The van der Waals surface area contributed by atoms with Crippen molar-refractivity contribution in [2.24, 2.45) is 0 Å². The number of carbonyl (C=O) groups is 1. The third kappa shape index (κ3) is 2.86. The molecule has 3 nitrogen and oxygen atoms in total. The third-order valence-electron chi connectivity index (χ3n) is 2.62. The zero-order valence-electron chi connectivity index (χ0n) is 10.0. The zero-order valence-corrected chi connectivity index (χ0v) is 11.7. The molecule has 0 bridgehead atoms. The predicted molar refractivity (Wildman–Crippen MR) is 75.2 cm³/mol. The van der Waals surface area contributed by atoms with Gasteiger partial charge in [0.25, 0.3) is 5.91 Å². The summed E-state index contributed by atoms with van der Waals surface area (Å²) in [7, 11) is 3.79. The molecule has 2 rings (SSSR count). The number of hydrogen-bond donors (Lipinski definition) is 1. The molecule has 0 saturated heterocycles. The van der Waals surface area contributed by atoms with Gasteiger partial charge in [-0.25, -0.2) is 0 Å². The molecule has 2 aromatic rings. The van der Waals surface area contributed by atoms with Crippen LogP contribution in [-0.2, 0) is 0 Å². The van der Waals surface area contributed by atoms with Crippen LogP contribution in [0.3, 0.4) is 0 Å². The Balaban J connectivity index is 2.01. The Morgan fingerprint density at radius 2 is 2.29 bits per heavy atom. The van der Waals surface area contributed by atoms with Gasteiger partial charge in [0.15, 0.2) is 0 Å². The number of amides is 1. The van der Waals surface area contributed by atoms with Crippen LogP contribution in [0.25, 0.3) is 9.40 Å². The number of carbonyl (C=O) groups excluding carboxylic acids is 1. The van der Waals surface area contributed by atoms with E-state index in [1.807, 2.05) is 20.2 Å². The number of nitrogens with zero attached hydrogens (tertiary/aromatic N) is 1. The second kappa shape index (κ2) is 5.62. The zero-order chi connectivity index (χ0) is 12.3. The van der Waals surface area contributed by atoms with E-state index >= 15 is 0 Å². The minimum atomic E-state index is 0.134. The smallest absolute Gasteiger partial charge is 0.263 e. The quantitative estimate of drug-likeness (QED) is 0.846. The van der Waals surface area contributed by atoms with E-state index in [1.54, 1.807) is 27.6 Å². The molecular formula is C12H16N2OS2. The largest absolute Gasteiger partial charge is 0.341 e. The van der Waals surface area contributed by atoms with Gasteiger partial charge in [-0.1, -0.05) is 0 Å². The van der Waals surface area contributed by atoms with Crippen LogP contribution < -0.4 is 5.32 Å². The Labute approximate surface area is 109 Å². The maximum Gasteiger partial charge on any atom is 0.263 e. The van der Waals surface area contributed by atoms with Gasteiger partial charge in [0.2, 0.25) is 0 Å². The summed E-state index contributed by atoms with van der Waals surface area (Å²) < 4.78 is 2.42. The lowest BCUT2D eigenvalue weighted by Crippen LogP contribution is -2.28. The van der Waals surface area contributed by atoms with E-state index in [-0.39, 0.29) is 5.91 Å². The van der Waals surface area contributed by atoms with E-state index in [1.165, 1.54) is 9.40 Å². The Kier molecular flexibility index (Phi) is 4.15. The fourth-order valence-corrected chi connectivity index (χ4v) is 3.76. The molecule has 0 atom stereocenters. The second-order valence-electron chi connectivity index (χ2n) is 3.94. The Morgan fingerprint density at radius 1 is 1.47 bits per heavy atom. The molecule has 2 aromatic heterocycles. The first-order valence-corrected chi connectivity index (χ1v) is 7.29. The molecule has 2 heterocycles. The first kappa shape index (κ1) is 12.5. The van der Waals surface area contributed by atoms with Crippen molar-refractivity contribution in [2.45, 2.75) is 6.42 Å². The Bertz CT molecular complexity index is 475. The summed E-state index contributed by atoms with van der Waals surface area (Å²) in [6, 6.07) is 4.07. The highest BCUT2D eigenvalue weighted by atomic mass is 32.1. The molecule has 1 N–H and O–H groups in total. The first-order valence-electron chi connectivity index (χ1n) is 5.59. The molecule has 17 heavy (non-hydrogen) atoms. The van der Waals surface area contributed by atoms with Crippen LogP contribution in [0, 0.1) is 0 Å². The molecule has 0 unspecified atom stereocenters. The van der Waals surface area contributed by atoms with Gasteiger partial charge in [-0.3, -0.25) is 4.79 Å². The fraction of sp³-hybridized carbons (Fsp3) is 0.417. The van der Waals surface area contributed by atoms with Crippen LogP contribution in [-0.4, -0.2) is 38.0 Å². The van der Waals surface area contributed by atoms with Gasteiger partial charge in [-0.05, 0) is 37.5 Å². The number of hydrogen-bond acceptors (Lipinski definition) is 4. The Hall–Kier alpha value is -0.910. The Morgan fingerprint density at radius 3 is 3.00 bits per heavy atom. The minimum Gasteiger partial charge on any atom is -0.341 e. The topological polar surface area (TPSA) is 32.3 Å². The summed E-state index contributed by atoms with van der Waals surface area (Å²) in [6.45, 7) is 1.74. The second-order valence-corrected chi connectivity index (χ2v) is 5.98. The molecule has 0 aromatic carbocycles. The molecule has 0 aliphatic carbocycles. The number of rotatable bonds is 5. The molecule has 92 valence electrons. The lowest BCUT2D eigenvalue weighted by Gasteiger charge is -2.15. The predicted octanol–water partition coefficient (Wildman–Crippen LogP) is 2.64. The SMILES string of the molecule is CNCCCN(C)C(=O)c1cc2sccc2s1. The number of fused-ring (bicyclic) bond motifs is 1. The average Bonchev–Trinajstić information content (AvgIpc) is 2.88. The monoisotopic (exact) mass is 268 g/mol. The minimum absolute atomic E-state index is 0.134. The van der Waals surface area contributed by atoms with Crippen LogP contribution in [0.5, 0.6) is 0 Å². The van der Waals surface area contributed by atoms with Gasteiger partial charge in [-0.15, -0.1) is 22.7 Å². The summed E-state index contributed by atoms with van der Waals surface area (Å²) in [5.74, 6) is 0.134. The van der Waals surface area contributed by atoms with E-state index in [9.17, 15) is 4.79 Å². The van der Waals surface area contributed by atoms with Crippen molar-refractivity contribution in [3.63, 3.8) is 0 Å². The normalized spacial score (nSPS) is 10.9. The summed E-state index contributed by atoms with van der Waals surface area (Å²) >= 11 is 3.27. The first-order chi connectivity index (χ1) is 8.22. The molecule has 0 radical (unpaired) electrons. The van der Waals surface area contributed by atoms with Crippen LogP contribution >= 0.6 is 22.7 Å². The highest BCUT2D eigenvalue weighted by Gasteiger charge is 2.14. The highest BCUT2D eigenvalue weighted by Crippen LogP contribution is 2.30. The van der Waals surface area contributed by atoms with Crippen LogP contribution in [0.15, 0.2) is 17.5 Å². The van der Waals surface area contributed by atoms with Gasteiger partial charge >= 0.3 is 0 Å². The summed E-state index contributed by atoms with van der Waals surface area (Å²) in [5.41, 5.74) is 0. The van der Waals surface area contributed by atoms with E-state index in [2.05, 4.69) is 16.8 Å². The van der Waals surface area contributed by atoms with Gasteiger partial charge in [0.1, 0.15) is 0 Å². The van der Waals surface area contributed by atoms with E-state index in [4.69, 9.17) is 0 Å². The standard InChI is InChI=1S/C12H16N2OS2/c1-13-5-3-6-14(2)12(15)11-8-10-9(17-11)4-7-16-10/h4,7-8,13H,3,5-6H2,1-2H3. The lowest BCUT2D eigenvalue weighted by atomic mass is 10.3. The van der Waals surface area contributed by atoms with Crippen molar-refractivity contribution in [3.8, 4) is 0 Å². The maximum atomic E-state index is 12.1. The molecule has 0 aliphatic heterocycles. The molecular weight excluding hydrogens is 252 g/mol. The van der Waals surface area contributed by atoms with Crippen LogP contribution in [0.1, 0.15) is 16.1 Å². The van der Waals surface area contributed by atoms with Crippen LogP contribution in [0.4, 0.5) is 0 Å². The van der Waals surface area contributed by atoms with E-state index < -0.39 is 0 Å². The van der Waals surface area contributed by atoms with Crippen molar-refractivity contribution in [3.05, 3.63) is 22.4 Å². The molecule has 0 aliphatic rings. The van der Waals surface area contributed by atoms with E-state index in [0.29, 0.717) is 0 Å². The average molecular weight is 268 g/mol.